The zero-order valence-electron chi connectivity index (χ0n) is 18.2. The van der Waals surface area contributed by atoms with Crippen LogP contribution in [0.25, 0.3) is 0 Å². The van der Waals surface area contributed by atoms with Crippen molar-refractivity contribution in [2.24, 2.45) is 0 Å². The average molecular weight is 574 g/mol. The van der Waals surface area contributed by atoms with Crippen LogP contribution in [-0.4, -0.2) is 14.2 Å². The number of halogens is 6. The first-order chi connectivity index (χ1) is 15.8. The van der Waals surface area contributed by atoms with Gasteiger partial charge in [-0.1, -0.05) is 0 Å². The molecule has 4 rings (SSSR count). The molecule has 0 spiro atoms. The molecule has 1 atom stereocenters. The Morgan fingerprint density at radius 2 is 0.706 bits per heavy atom. The summed E-state index contributed by atoms with van der Waals surface area (Å²) in [6.07, 6.45) is 0. The van der Waals surface area contributed by atoms with Gasteiger partial charge in [-0.3, -0.25) is 0 Å². The van der Waals surface area contributed by atoms with Crippen LogP contribution in [0.3, 0.4) is 0 Å². The minimum absolute atomic E-state index is 1.47. The van der Waals surface area contributed by atoms with Crippen molar-refractivity contribution in [2.75, 3.05) is 0 Å². The standard InChI is InChI=1S/C25H23AsP.F6P/c1-26(22-14-6-2-7-15-22)27(23-16-8-3-9-17-23,24-18-10-4-11-19-24)25-20-12-5-13-21-25;1-7(2,3,4,5)6/h2-21H,1H3;/q+1;-1. The molecule has 0 N–H and O–H groups in total. The third kappa shape index (κ3) is 7.44. The quantitative estimate of drug-likeness (QED) is 0.129. The molecule has 180 valence electrons. The van der Waals surface area contributed by atoms with Crippen LogP contribution in [0.4, 0.5) is 25.2 Å². The van der Waals surface area contributed by atoms with Gasteiger partial charge in [-0.25, -0.2) is 0 Å². The maximum absolute atomic E-state index is 10.7. The molecule has 0 bridgehead atoms. The van der Waals surface area contributed by atoms with E-state index in [2.05, 4.69) is 127 Å². The van der Waals surface area contributed by atoms with Gasteiger partial charge in [-0.05, 0) is 0 Å². The molecule has 4 aromatic carbocycles. The van der Waals surface area contributed by atoms with Crippen LogP contribution in [0.1, 0.15) is 0 Å². The van der Waals surface area contributed by atoms with Crippen molar-refractivity contribution in [3.63, 3.8) is 0 Å². The van der Waals surface area contributed by atoms with E-state index < -0.39 is 27.8 Å². The van der Waals surface area contributed by atoms with Gasteiger partial charge in [0.25, 0.3) is 0 Å². The molecule has 0 heterocycles. The van der Waals surface area contributed by atoms with Crippen LogP contribution in [0.15, 0.2) is 121 Å². The summed E-state index contributed by atoms with van der Waals surface area (Å²) < 4.78 is 60.7. The van der Waals surface area contributed by atoms with Gasteiger partial charge in [0.2, 0.25) is 0 Å². The molecule has 0 nitrogen and oxygen atoms in total. The second kappa shape index (κ2) is 9.50. The van der Waals surface area contributed by atoms with Gasteiger partial charge >= 0.3 is 200 Å². The topological polar surface area (TPSA) is 0 Å². The molecule has 0 aliphatic carbocycles. The molecule has 4 aromatic rings. The molecule has 0 saturated heterocycles. The van der Waals surface area contributed by atoms with Crippen LogP contribution in [0, 0.1) is 0 Å². The van der Waals surface area contributed by atoms with Gasteiger partial charge in [0.15, 0.2) is 0 Å². The van der Waals surface area contributed by atoms with Crippen molar-refractivity contribution in [3.8, 4) is 0 Å². The first-order valence-electron chi connectivity index (χ1n) is 10.2. The van der Waals surface area contributed by atoms with E-state index >= 15 is 0 Å². The molecule has 0 saturated carbocycles. The summed E-state index contributed by atoms with van der Waals surface area (Å²) in [7, 11) is -10.7. The number of rotatable bonds is 5. The van der Waals surface area contributed by atoms with E-state index in [1.807, 2.05) is 0 Å². The molecule has 0 amide bonds. The molecule has 34 heavy (non-hydrogen) atoms. The third-order valence-electron chi connectivity index (χ3n) is 4.97. The Bertz CT molecular complexity index is 1080. The van der Waals surface area contributed by atoms with E-state index in [1.165, 1.54) is 20.3 Å². The summed E-state index contributed by atoms with van der Waals surface area (Å²) in [5.41, 5.74) is 2.54. The Kier molecular flexibility index (Phi) is 7.40. The van der Waals surface area contributed by atoms with Gasteiger partial charge < -0.3 is 0 Å². The average Bonchev–Trinajstić information content (AvgIpc) is 2.80. The third-order valence-corrected chi connectivity index (χ3v) is 22.4. The van der Waals surface area contributed by atoms with Crippen molar-refractivity contribution < 1.29 is 25.2 Å². The van der Waals surface area contributed by atoms with E-state index in [-0.39, 0.29) is 0 Å². The van der Waals surface area contributed by atoms with Gasteiger partial charge in [0.05, 0.1) is 0 Å². The Morgan fingerprint density at radius 1 is 0.471 bits per heavy atom. The van der Waals surface area contributed by atoms with Gasteiger partial charge in [0.1, 0.15) is 0 Å². The normalized spacial score (nSPS) is 14.7. The van der Waals surface area contributed by atoms with E-state index in [0.29, 0.717) is 0 Å². The zero-order chi connectivity index (χ0) is 24.9. The summed E-state index contributed by atoms with van der Waals surface area (Å²) >= 11 is -1.47. The molecular weight excluding hydrogens is 551 g/mol. The molecule has 0 aromatic heterocycles. The van der Waals surface area contributed by atoms with Crippen LogP contribution in [-0.2, 0) is 0 Å². The van der Waals surface area contributed by atoms with Gasteiger partial charge in [0, 0.05) is 0 Å². The first kappa shape index (κ1) is 26.5. The Hall–Kier alpha value is -2.12. The number of benzene rings is 4. The summed E-state index contributed by atoms with van der Waals surface area (Å²) in [5, 5.41) is 4.48. The number of hydrogen-bond acceptors (Lipinski definition) is 0. The zero-order valence-corrected chi connectivity index (χ0v) is 21.8. The first-order valence-corrected chi connectivity index (χ1v) is 19.3. The monoisotopic (exact) mass is 574 g/mol. The second-order valence-corrected chi connectivity index (χ2v) is 22.4. The van der Waals surface area contributed by atoms with Crippen molar-refractivity contribution in [2.45, 2.75) is 5.71 Å². The molecule has 0 radical (unpaired) electrons. The van der Waals surface area contributed by atoms with Gasteiger partial charge in [-0.15, -0.1) is 0 Å². The minimum atomic E-state index is -10.7. The summed E-state index contributed by atoms with van der Waals surface area (Å²) in [6, 6.07) is 44.8. The van der Waals surface area contributed by atoms with Crippen molar-refractivity contribution in [1.29, 1.82) is 0 Å². The predicted molar refractivity (Wildman–Crippen MR) is 136 cm³/mol. The fraction of sp³-hybridized carbons (Fsp3) is 0.0400. The molecule has 0 aliphatic rings. The SMILES string of the molecule is C[As](c1ccccc1)[P+](c1ccccc1)(c1ccccc1)c1ccccc1.F[P-](F)(F)(F)(F)F. The molecule has 9 heteroatoms. The summed E-state index contributed by atoms with van der Waals surface area (Å²) in [6.45, 7) is 0. The fourth-order valence-electron chi connectivity index (χ4n) is 3.71. The van der Waals surface area contributed by atoms with Crippen molar-refractivity contribution >= 4 is 48.1 Å². The number of hydrogen-bond donors (Lipinski definition) is 0. The predicted octanol–water partition coefficient (Wildman–Crippen LogP) is 7.89. The van der Waals surface area contributed by atoms with E-state index in [9.17, 15) is 25.2 Å². The fourth-order valence-corrected chi connectivity index (χ4v) is 21.0. The van der Waals surface area contributed by atoms with Crippen LogP contribution < -0.4 is 20.3 Å². The van der Waals surface area contributed by atoms with Crippen molar-refractivity contribution in [3.05, 3.63) is 121 Å². The maximum atomic E-state index is 9.87. The molecular formula is C25H23AsF6P2. The Balaban J connectivity index is 0.000000406. The summed E-state index contributed by atoms with van der Waals surface area (Å²) in [4.78, 5) is 0. The Morgan fingerprint density at radius 3 is 0.971 bits per heavy atom. The molecule has 1 unspecified atom stereocenters. The van der Waals surface area contributed by atoms with E-state index in [4.69, 9.17) is 0 Å². The van der Waals surface area contributed by atoms with Crippen molar-refractivity contribution in [1.82, 2.24) is 0 Å². The van der Waals surface area contributed by atoms with Gasteiger partial charge in [-0.2, -0.15) is 0 Å². The van der Waals surface area contributed by atoms with Crippen LogP contribution >= 0.6 is 13.6 Å². The van der Waals surface area contributed by atoms with Crippen LogP contribution in [0.2, 0.25) is 5.71 Å². The second-order valence-electron chi connectivity index (χ2n) is 7.46. The van der Waals surface area contributed by atoms with E-state index in [0.717, 1.165) is 0 Å². The summed E-state index contributed by atoms with van der Waals surface area (Å²) in [5.74, 6) is -1.72. The van der Waals surface area contributed by atoms with Crippen LogP contribution in [0.5, 0.6) is 0 Å². The molecule has 0 aliphatic heterocycles. The molecule has 0 fully saturated rings. The van der Waals surface area contributed by atoms with E-state index in [1.54, 1.807) is 0 Å². The Labute approximate surface area is 200 Å².